The van der Waals surface area contributed by atoms with Crippen molar-refractivity contribution in [3.8, 4) is 0 Å². The molecule has 4 rings (SSSR count). The Morgan fingerprint density at radius 3 is 2.48 bits per heavy atom. The average molecular weight is 434 g/mol. The SMILES string of the molecule is CCc1ccc([C@H](NCC(=O)Nc2ccc(N3CCCC3=O)cc2)c2cccs2)cc1. The normalized spacial score (nSPS) is 14.6. The summed E-state index contributed by atoms with van der Waals surface area (Å²) in [5, 5.41) is 8.40. The van der Waals surface area contributed by atoms with E-state index in [1.165, 1.54) is 10.4 Å². The predicted octanol–water partition coefficient (Wildman–Crippen LogP) is 4.76. The number of nitrogens with zero attached hydrogens (tertiary/aromatic N) is 1. The first-order chi connectivity index (χ1) is 15.1. The van der Waals surface area contributed by atoms with Gasteiger partial charge in [-0.05, 0) is 59.7 Å². The highest BCUT2D eigenvalue weighted by Crippen LogP contribution is 2.27. The van der Waals surface area contributed by atoms with Gasteiger partial charge in [0.25, 0.3) is 0 Å². The van der Waals surface area contributed by atoms with Gasteiger partial charge < -0.3 is 10.2 Å². The first-order valence-corrected chi connectivity index (χ1v) is 11.6. The smallest absolute Gasteiger partial charge is 0.238 e. The molecule has 6 heteroatoms. The third-order valence-corrected chi connectivity index (χ3v) is 6.49. The van der Waals surface area contributed by atoms with Crippen LogP contribution >= 0.6 is 11.3 Å². The molecule has 0 radical (unpaired) electrons. The summed E-state index contributed by atoms with van der Waals surface area (Å²) >= 11 is 1.68. The predicted molar refractivity (Wildman–Crippen MR) is 127 cm³/mol. The number of nitrogens with one attached hydrogen (secondary N) is 2. The van der Waals surface area contributed by atoms with E-state index in [1.54, 1.807) is 16.2 Å². The molecule has 31 heavy (non-hydrogen) atoms. The Morgan fingerprint density at radius 1 is 1.10 bits per heavy atom. The van der Waals surface area contributed by atoms with Crippen LogP contribution in [0.3, 0.4) is 0 Å². The van der Waals surface area contributed by atoms with E-state index in [-0.39, 0.29) is 24.4 Å². The zero-order valence-corrected chi connectivity index (χ0v) is 18.5. The first kappa shape index (κ1) is 21.3. The lowest BCUT2D eigenvalue weighted by atomic mass is 10.0. The van der Waals surface area contributed by atoms with Gasteiger partial charge in [0.2, 0.25) is 11.8 Å². The van der Waals surface area contributed by atoms with Crippen LogP contribution in [0.25, 0.3) is 0 Å². The summed E-state index contributed by atoms with van der Waals surface area (Å²) in [6, 6.07) is 20.1. The number of hydrogen-bond acceptors (Lipinski definition) is 4. The Labute approximate surface area is 187 Å². The highest BCUT2D eigenvalue weighted by atomic mass is 32.1. The molecule has 3 aromatic rings. The fourth-order valence-corrected chi connectivity index (χ4v) is 4.66. The average Bonchev–Trinajstić information content (AvgIpc) is 3.47. The molecular formula is C25H27N3O2S. The number of carbonyl (C=O) groups is 2. The number of carbonyl (C=O) groups excluding carboxylic acids is 2. The third-order valence-electron chi connectivity index (χ3n) is 5.55. The van der Waals surface area contributed by atoms with E-state index in [4.69, 9.17) is 0 Å². The maximum absolute atomic E-state index is 12.6. The molecule has 1 atom stereocenters. The van der Waals surface area contributed by atoms with Gasteiger partial charge in [0.15, 0.2) is 0 Å². The number of rotatable bonds is 8. The maximum atomic E-state index is 12.6. The van der Waals surface area contributed by atoms with E-state index >= 15 is 0 Å². The fourth-order valence-electron chi connectivity index (χ4n) is 3.83. The zero-order valence-electron chi connectivity index (χ0n) is 17.6. The van der Waals surface area contributed by atoms with E-state index in [1.807, 2.05) is 30.3 Å². The molecule has 2 aromatic carbocycles. The van der Waals surface area contributed by atoms with Crippen molar-refractivity contribution in [3.05, 3.63) is 82.0 Å². The molecule has 0 aliphatic carbocycles. The van der Waals surface area contributed by atoms with Gasteiger partial charge in [-0.25, -0.2) is 0 Å². The maximum Gasteiger partial charge on any atom is 0.238 e. The molecule has 0 unspecified atom stereocenters. The quantitative estimate of drug-likeness (QED) is 0.539. The molecule has 2 heterocycles. The van der Waals surface area contributed by atoms with Crippen LogP contribution in [0.2, 0.25) is 0 Å². The van der Waals surface area contributed by atoms with Crippen molar-refractivity contribution in [2.24, 2.45) is 0 Å². The van der Waals surface area contributed by atoms with Gasteiger partial charge in [-0.1, -0.05) is 37.3 Å². The van der Waals surface area contributed by atoms with Crippen molar-refractivity contribution in [2.45, 2.75) is 32.2 Å². The van der Waals surface area contributed by atoms with Gasteiger partial charge in [-0.3, -0.25) is 14.9 Å². The molecular weight excluding hydrogens is 406 g/mol. The highest BCUT2D eigenvalue weighted by Gasteiger charge is 2.21. The fraction of sp³-hybridized carbons (Fsp3) is 0.280. The lowest BCUT2D eigenvalue weighted by molar-refractivity contribution is -0.117. The zero-order chi connectivity index (χ0) is 21.6. The topological polar surface area (TPSA) is 61.4 Å². The van der Waals surface area contributed by atoms with E-state index in [2.05, 4.69) is 53.3 Å². The van der Waals surface area contributed by atoms with Crippen LogP contribution in [0, 0.1) is 0 Å². The van der Waals surface area contributed by atoms with Gasteiger partial charge in [0.05, 0.1) is 12.6 Å². The molecule has 1 saturated heterocycles. The summed E-state index contributed by atoms with van der Waals surface area (Å²) < 4.78 is 0. The summed E-state index contributed by atoms with van der Waals surface area (Å²) in [4.78, 5) is 27.4. The molecule has 160 valence electrons. The molecule has 2 amide bonds. The molecule has 1 aliphatic rings. The lowest BCUT2D eigenvalue weighted by Gasteiger charge is -2.19. The molecule has 1 aliphatic heterocycles. The van der Waals surface area contributed by atoms with Gasteiger partial charge in [-0.15, -0.1) is 11.3 Å². The Hall–Kier alpha value is -2.96. The summed E-state index contributed by atoms with van der Waals surface area (Å²) in [5.74, 6) is 0.0595. The van der Waals surface area contributed by atoms with Crippen molar-refractivity contribution in [1.82, 2.24) is 5.32 Å². The van der Waals surface area contributed by atoms with Gasteiger partial charge in [-0.2, -0.15) is 0 Å². The Balaban J connectivity index is 1.38. The second-order valence-corrected chi connectivity index (χ2v) is 8.65. The van der Waals surface area contributed by atoms with Crippen molar-refractivity contribution in [2.75, 3.05) is 23.3 Å². The van der Waals surface area contributed by atoms with Crippen LogP contribution in [0.1, 0.15) is 41.8 Å². The van der Waals surface area contributed by atoms with E-state index < -0.39 is 0 Å². The summed E-state index contributed by atoms with van der Waals surface area (Å²) in [7, 11) is 0. The highest BCUT2D eigenvalue weighted by molar-refractivity contribution is 7.10. The lowest BCUT2D eigenvalue weighted by Crippen LogP contribution is -2.31. The monoisotopic (exact) mass is 433 g/mol. The van der Waals surface area contributed by atoms with Crippen LogP contribution in [0.15, 0.2) is 66.0 Å². The first-order valence-electron chi connectivity index (χ1n) is 10.7. The molecule has 5 nitrogen and oxygen atoms in total. The van der Waals surface area contributed by atoms with Gasteiger partial charge >= 0.3 is 0 Å². The third kappa shape index (κ3) is 5.21. The molecule has 0 saturated carbocycles. The minimum absolute atomic E-state index is 0.0276. The van der Waals surface area contributed by atoms with Crippen LogP contribution in [-0.4, -0.2) is 24.9 Å². The Morgan fingerprint density at radius 2 is 1.87 bits per heavy atom. The van der Waals surface area contributed by atoms with E-state index in [0.29, 0.717) is 6.42 Å². The number of hydrogen-bond donors (Lipinski definition) is 2. The number of thiophene rings is 1. The largest absolute Gasteiger partial charge is 0.325 e. The summed E-state index contributed by atoms with van der Waals surface area (Å²) in [6.07, 6.45) is 2.51. The minimum atomic E-state index is -0.100. The van der Waals surface area contributed by atoms with E-state index in [9.17, 15) is 9.59 Å². The van der Waals surface area contributed by atoms with Crippen LogP contribution in [0.4, 0.5) is 11.4 Å². The number of aryl methyl sites for hydroxylation is 1. The van der Waals surface area contributed by atoms with Gasteiger partial charge in [0, 0.05) is 29.2 Å². The Bertz CT molecular complexity index is 1010. The molecule has 0 bridgehead atoms. The second kappa shape index (κ2) is 9.90. The van der Waals surface area contributed by atoms with Crippen molar-refractivity contribution in [1.29, 1.82) is 0 Å². The number of benzene rings is 2. The molecule has 0 spiro atoms. The second-order valence-electron chi connectivity index (χ2n) is 7.67. The van der Waals surface area contributed by atoms with Crippen molar-refractivity contribution in [3.63, 3.8) is 0 Å². The van der Waals surface area contributed by atoms with Crippen molar-refractivity contribution < 1.29 is 9.59 Å². The Kier molecular flexibility index (Phi) is 6.79. The summed E-state index contributed by atoms with van der Waals surface area (Å²) in [5.41, 5.74) is 4.05. The van der Waals surface area contributed by atoms with Crippen LogP contribution in [-0.2, 0) is 16.0 Å². The van der Waals surface area contributed by atoms with Crippen LogP contribution < -0.4 is 15.5 Å². The van der Waals surface area contributed by atoms with Gasteiger partial charge in [0.1, 0.15) is 0 Å². The summed E-state index contributed by atoms with van der Waals surface area (Å²) in [6.45, 7) is 3.10. The number of amides is 2. The molecule has 1 aromatic heterocycles. The number of anilines is 2. The van der Waals surface area contributed by atoms with E-state index in [0.717, 1.165) is 36.3 Å². The minimum Gasteiger partial charge on any atom is -0.325 e. The van der Waals surface area contributed by atoms with Crippen molar-refractivity contribution >= 4 is 34.5 Å². The standard InChI is InChI=1S/C25H27N3O2S/c1-2-18-7-9-19(10-8-18)25(22-5-4-16-31-22)26-17-23(29)27-20-11-13-21(14-12-20)28-15-3-6-24(28)30/h4-5,7-14,16,25-26H,2-3,6,15,17H2,1H3,(H,27,29)/t25-/m0/s1. The van der Waals surface area contributed by atoms with Crippen LogP contribution in [0.5, 0.6) is 0 Å². The molecule has 1 fully saturated rings. The molecule has 2 N–H and O–H groups in total.